The molecule has 2 fully saturated rings. The van der Waals surface area contributed by atoms with Gasteiger partial charge in [0.1, 0.15) is 5.75 Å². The lowest BCUT2D eigenvalue weighted by atomic mass is 9.91. The number of hydrogen-bond donors (Lipinski definition) is 3. The molecule has 2 aliphatic rings. The van der Waals surface area contributed by atoms with E-state index in [9.17, 15) is 5.11 Å². The van der Waals surface area contributed by atoms with Gasteiger partial charge in [-0.2, -0.15) is 5.10 Å². The molecule has 1 atom stereocenters. The number of hydrogen-bond acceptors (Lipinski definition) is 8. The molecule has 1 saturated heterocycles. The molecule has 1 aromatic heterocycles. The van der Waals surface area contributed by atoms with Crippen molar-refractivity contribution in [2.45, 2.75) is 37.8 Å². The average molecular weight is 437 g/mol. The zero-order chi connectivity index (χ0) is 22.7. The van der Waals surface area contributed by atoms with Crippen molar-refractivity contribution in [3.63, 3.8) is 0 Å². The van der Waals surface area contributed by atoms with Crippen molar-refractivity contribution in [2.24, 2.45) is 11.5 Å². The van der Waals surface area contributed by atoms with Gasteiger partial charge >= 0.3 is 0 Å². The van der Waals surface area contributed by atoms with Crippen LogP contribution in [0.1, 0.15) is 31.2 Å². The smallest absolute Gasteiger partial charge is 0.233 e. The zero-order valence-electron chi connectivity index (χ0n) is 18.7. The standard InChI is InChI=1S/C24H32N6O2/c1-29(18-4-3-5-18)19-10-11-30(15-19)23(26)9-8-21(25)20-7-6-16(12-22(20)31)17-13-24(32-2)28-27-14-17/h6-9,12-14,18-19,31H,3-5,10-11,15,25-26H2,1-2H3/b21-8-,23-9+. The third kappa shape index (κ3) is 4.65. The Morgan fingerprint density at radius 2 is 1.97 bits per heavy atom. The van der Waals surface area contributed by atoms with Crippen LogP contribution in [0.3, 0.4) is 0 Å². The second kappa shape index (κ2) is 9.48. The number of rotatable bonds is 7. The lowest BCUT2D eigenvalue weighted by Gasteiger charge is -2.38. The first-order valence-electron chi connectivity index (χ1n) is 11.1. The number of ether oxygens (including phenoxy) is 1. The van der Waals surface area contributed by atoms with Crippen molar-refractivity contribution in [2.75, 3.05) is 27.2 Å². The van der Waals surface area contributed by atoms with Crippen molar-refractivity contribution in [3.8, 4) is 22.8 Å². The number of phenolic OH excluding ortho intramolecular Hbond substituents is 1. The van der Waals surface area contributed by atoms with Gasteiger partial charge in [0.15, 0.2) is 0 Å². The molecule has 8 heteroatoms. The SMILES string of the molecule is COc1cc(-c2ccc(/C(N)=C/C=C(\N)N3CCC(N(C)C4CCC4)C3)c(O)c2)cnn1. The van der Waals surface area contributed by atoms with E-state index >= 15 is 0 Å². The van der Waals surface area contributed by atoms with Gasteiger partial charge in [-0.15, -0.1) is 5.10 Å². The van der Waals surface area contributed by atoms with Crippen LogP contribution < -0.4 is 16.2 Å². The fourth-order valence-electron chi connectivity index (χ4n) is 4.33. The maximum atomic E-state index is 10.5. The van der Waals surface area contributed by atoms with Crippen LogP contribution in [0.5, 0.6) is 11.6 Å². The topological polar surface area (TPSA) is 114 Å². The molecule has 4 rings (SSSR count). The van der Waals surface area contributed by atoms with E-state index in [0.29, 0.717) is 29.0 Å². The Kier molecular flexibility index (Phi) is 6.50. The molecule has 1 saturated carbocycles. The van der Waals surface area contributed by atoms with Crippen molar-refractivity contribution in [1.82, 2.24) is 20.0 Å². The first kappa shape index (κ1) is 22.0. The number of likely N-dealkylation sites (tertiary alicyclic amines) is 1. The van der Waals surface area contributed by atoms with E-state index in [1.54, 1.807) is 30.5 Å². The molecule has 8 nitrogen and oxygen atoms in total. The van der Waals surface area contributed by atoms with Gasteiger partial charge in [0, 0.05) is 48.1 Å². The Hall–Kier alpha value is -3.26. The summed E-state index contributed by atoms with van der Waals surface area (Å²) in [5.41, 5.74) is 15.2. The van der Waals surface area contributed by atoms with E-state index in [4.69, 9.17) is 16.2 Å². The summed E-state index contributed by atoms with van der Waals surface area (Å²) < 4.78 is 5.11. The molecule has 5 N–H and O–H groups in total. The maximum Gasteiger partial charge on any atom is 0.233 e. The Labute approximate surface area is 189 Å². The number of nitrogens with two attached hydrogens (primary N) is 2. The molecule has 0 amide bonds. The van der Waals surface area contributed by atoms with Crippen LogP contribution >= 0.6 is 0 Å². The number of allylic oxidation sites excluding steroid dienone is 2. The van der Waals surface area contributed by atoms with Crippen LogP contribution in [0.2, 0.25) is 0 Å². The van der Waals surface area contributed by atoms with Crippen molar-refractivity contribution >= 4 is 5.70 Å². The maximum absolute atomic E-state index is 10.5. The molecule has 2 heterocycles. The second-order valence-corrected chi connectivity index (χ2v) is 8.57. The van der Waals surface area contributed by atoms with Crippen molar-refractivity contribution in [3.05, 3.63) is 54.0 Å². The van der Waals surface area contributed by atoms with E-state index < -0.39 is 0 Å². The molecule has 1 aliphatic heterocycles. The third-order valence-electron chi connectivity index (χ3n) is 6.67. The van der Waals surface area contributed by atoms with E-state index in [1.807, 2.05) is 12.1 Å². The summed E-state index contributed by atoms with van der Waals surface area (Å²) in [4.78, 5) is 4.73. The van der Waals surface area contributed by atoms with Gasteiger partial charge in [0.25, 0.3) is 0 Å². The van der Waals surface area contributed by atoms with E-state index in [2.05, 4.69) is 27.0 Å². The van der Waals surface area contributed by atoms with E-state index in [1.165, 1.54) is 26.4 Å². The first-order valence-corrected chi connectivity index (χ1v) is 11.1. The molecule has 0 radical (unpaired) electrons. The van der Waals surface area contributed by atoms with Gasteiger partial charge in [0.2, 0.25) is 5.88 Å². The minimum atomic E-state index is 0.0855. The van der Waals surface area contributed by atoms with Crippen molar-refractivity contribution in [1.29, 1.82) is 0 Å². The number of aromatic hydroxyl groups is 1. The largest absolute Gasteiger partial charge is 0.507 e. The normalized spacial score (nSPS) is 20.0. The van der Waals surface area contributed by atoms with Gasteiger partial charge in [-0.1, -0.05) is 12.5 Å². The molecule has 1 aromatic carbocycles. The van der Waals surface area contributed by atoms with Crippen LogP contribution in [0.15, 0.2) is 48.4 Å². The fraction of sp³-hybridized carbons (Fsp3) is 0.417. The Bertz CT molecular complexity index is 1020. The fourth-order valence-corrected chi connectivity index (χ4v) is 4.33. The molecule has 1 unspecified atom stereocenters. The summed E-state index contributed by atoms with van der Waals surface area (Å²) in [6.07, 6.45) is 10.3. The van der Waals surface area contributed by atoms with Gasteiger partial charge in [-0.05, 0) is 56.2 Å². The highest BCUT2D eigenvalue weighted by Gasteiger charge is 2.32. The lowest BCUT2D eigenvalue weighted by molar-refractivity contribution is 0.114. The van der Waals surface area contributed by atoms with E-state index in [-0.39, 0.29) is 5.75 Å². The predicted molar refractivity (Wildman–Crippen MR) is 125 cm³/mol. The molecule has 2 aromatic rings. The number of likely N-dealkylation sites (N-methyl/N-ethyl adjacent to an activating group) is 1. The quantitative estimate of drug-likeness (QED) is 0.568. The van der Waals surface area contributed by atoms with Gasteiger partial charge < -0.3 is 26.2 Å². The lowest BCUT2D eigenvalue weighted by Crippen LogP contribution is -2.45. The third-order valence-corrected chi connectivity index (χ3v) is 6.67. The highest BCUT2D eigenvalue weighted by molar-refractivity contribution is 5.74. The summed E-state index contributed by atoms with van der Waals surface area (Å²) in [5, 5.41) is 18.3. The average Bonchev–Trinajstić information content (AvgIpc) is 3.26. The van der Waals surface area contributed by atoms with Crippen LogP contribution in [0.25, 0.3) is 16.8 Å². The second-order valence-electron chi connectivity index (χ2n) is 8.57. The molecular formula is C24H32N6O2. The molecule has 170 valence electrons. The number of nitrogens with zero attached hydrogens (tertiary/aromatic N) is 4. The van der Waals surface area contributed by atoms with Gasteiger partial charge in [0.05, 0.1) is 19.1 Å². The number of aromatic nitrogens is 2. The van der Waals surface area contributed by atoms with Crippen LogP contribution in [-0.2, 0) is 0 Å². The molecule has 0 spiro atoms. The summed E-state index contributed by atoms with van der Waals surface area (Å²) >= 11 is 0. The molecular weight excluding hydrogens is 404 g/mol. The van der Waals surface area contributed by atoms with Crippen LogP contribution in [0, 0.1) is 0 Å². The number of benzene rings is 1. The van der Waals surface area contributed by atoms with Crippen LogP contribution in [0.4, 0.5) is 0 Å². The summed E-state index contributed by atoms with van der Waals surface area (Å²) in [5.74, 6) is 1.19. The first-order chi connectivity index (χ1) is 15.5. The Balaban J connectivity index is 1.43. The van der Waals surface area contributed by atoms with Crippen molar-refractivity contribution < 1.29 is 9.84 Å². The van der Waals surface area contributed by atoms with E-state index in [0.717, 1.165) is 36.7 Å². The Morgan fingerprint density at radius 3 is 2.66 bits per heavy atom. The summed E-state index contributed by atoms with van der Waals surface area (Å²) in [6.45, 7) is 1.88. The highest BCUT2D eigenvalue weighted by atomic mass is 16.5. The molecule has 32 heavy (non-hydrogen) atoms. The predicted octanol–water partition coefficient (Wildman–Crippen LogP) is 2.52. The number of methoxy groups -OCH3 is 1. The summed E-state index contributed by atoms with van der Waals surface area (Å²) in [6, 6.07) is 8.35. The zero-order valence-corrected chi connectivity index (χ0v) is 18.7. The monoisotopic (exact) mass is 436 g/mol. The van der Waals surface area contributed by atoms with Gasteiger partial charge in [-0.3, -0.25) is 4.90 Å². The Morgan fingerprint density at radius 1 is 1.16 bits per heavy atom. The molecule has 0 bridgehead atoms. The number of phenols is 1. The minimum Gasteiger partial charge on any atom is -0.507 e. The highest BCUT2D eigenvalue weighted by Crippen LogP contribution is 2.30. The van der Waals surface area contributed by atoms with Crippen LogP contribution in [-0.4, -0.2) is 64.4 Å². The van der Waals surface area contributed by atoms with Gasteiger partial charge in [-0.25, -0.2) is 0 Å². The summed E-state index contributed by atoms with van der Waals surface area (Å²) in [7, 11) is 3.77. The molecule has 1 aliphatic carbocycles. The minimum absolute atomic E-state index is 0.0855.